The molecule has 156 valence electrons. The fourth-order valence-electron chi connectivity index (χ4n) is 2.59. The van der Waals surface area contributed by atoms with Crippen molar-refractivity contribution < 1.29 is 14.3 Å². The number of nitrogens with zero attached hydrogens (tertiary/aromatic N) is 3. The normalized spacial score (nSPS) is 10.4. The van der Waals surface area contributed by atoms with Crippen LogP contribution in [-0.4, -0.2) is 41.2 Å². The molecule has 0 bridgehead atoms. The second kappa shape index (κ2) is 10.7. The summed E-state index contributed by atoms with van der Waals surface area (Å²) in [6.07, 6.45) is 5.57. The summed E-state index contributed by atoms with van der Waals surface area (Å²) >= 11 is 0. The van der Waals surface area contributed by atoms with Gasteiger partial charge in [-0.25, -0.2) is 9.97 Å². The molecule has 0 fully saturated rings. The monoisotopic (exact) mass is 408 g/mol. The minimum Gasteiger partial charge on any atom is -0.492 e. The van der Waals surface area contributed by atoms with Crippen LogP contribution in [0.1, 0.15) is 22.6 Å². The molecule has 0 aromatic carbocycles. The van der Waals surface area contributed by atoms with E-state index in [1.165, 1.54) is 6.20 Å². The highest BCUT2D eigenvalue weighted by Crippen LogP contribution is 2.16. The maximum Gasteiger partial charge on any atom is 0.274 e. The van der Waals surface area contributed by atoms with Gasteiger partial charge in [0.15, 0.2) is 0 Å². The molecule has 3 rings (SSSR count). The van der Waals surface area contributed by atoms with Gasteiger partial charge in [0.2, 0.25) is 0 Å². The summed E-state index contributed by atoms with van der Waals surface area (Å²) in [6, 6.07) is 10.5. The lowest BCUT2D eigenvalue weighted by Gasteiger charge is -2.10. The number of carbonyl (C=O) groups is 1. The van der Waals surface area contributed by atoms with Crippen molar-refractivity contribution >= 4 is 23.1 Å². The Morgan fingerprint density at radius 3 is 2.77 bits per heavy atom. The van der Waals surface area contributed by atoms with E-state index < -0.39 is 0 Å². The largest absolute Gasteiger partial charge is 0.492 e. The van der Waals surface area contributed by atoms with Crippen molar-refractivity contribution in [2.45, 2.75) is 13.0 Å². The van der Waals surface area contributed by atoms with Crippen LogP contribution in [0.5, 0.6) is 5.75 Å². The number of amides is 1. The first-order valence-corrected chi connectivity index (χ1v) is 9.44. The van der Waals surface area contributed by atoms with Crippen molar-refractivity contribution in [3.05, 3.63) is 66.4 Å². The molecule has 0 spiro atoms. The summed E-state index contributed by atoms with van der Waals surface area (Å²) < 4.78 is 10.5. The van der Waals surface area contributed by atoms with E-state index in [0.29, 0.717) is 42.7 Å². The summed E-state index contributed by atoms with van der Waals surface area (Å²) in [5.74, 6) is 0.705. The van der Waals surface area contributed by atoms with Crippen molar-refractivity contribution in [2.24, 2.45) is 0 Å². The van der Waals surface area contributed by atoms with Gasteiger partial charge in [-0.2, -0.15) is 0 Å². The lowest BCUT2D eigenvalue weighted by molar-refractivity contribution is 0.102. The molecule has 0 atom stereocenters. The van der Waals surface area contributed by atoms with Crippen LogP contribution >= 0.6 is 0 Å². The van der Waals surface area contributed by atoms with Crippen LogP contribution in [0.3, 0.4) is 0 Å². The number of rotatable bonds is 10. The fourth-order valence-corrected chi connectivity index (χ4v) is 2.59. The number of aromatic nitrogens is 3. The standard InChI is InChI=1S/C21H24N6O3/c1-29-10-3-11-30-17-5-6-19(26-14-17)21(28)27-15-7-9-23-16(12-15)13-25-18-4-2-8-24-20(18)22/h2,4-9,12,14,25H,3,10-11,13H2,1H3,(H2,22,24)(H,23,27,28). The van der Waals surface area contributed by atoms with E-state index in [9.17, 15) is 4.79 Å². The topological polar surface area (TPSA) is 124 Å². The van der Waals surface area contributed by atoms with Crippen molar-refractivity contribution in [3.8, 4) is 5.75 Å². The minimum absolute atomic E-state index is 0.291. The summed E-state index contributed by atoms with van der Waals surface area (Å²) in [4.78, 5) is 25.0. The highest BCUT2D eigenvalue weighted by atomic mass is 16.5. The number of hydrogen-bond donors (Lipinski definition) is 3. The van der Waals surface area contributed by atoms with Crippen molar-refractivity contribution in [2.75, 3.05) is 36.7 Å². The summed E-state index contributed by atoms with van der Waals surface area (Å²) in [6.45, 7) is 1.60. The molecule has 9 heteroatoms. The average molecular weight is 408 g/mol. The lowest BCUT2D eigenvalue weighted by atomic mass is 10.2. The molecule has 3 aromatic rings. The van der Waals surface area contributed by atoms with E-state index in [-0.39, 0.29) is 5.91 Å². The molecule has 3 heterocycles. The third kappa shape index (κ3) is 6.14. The number of methoxy groups -OCH3 is 1. The van der Waals surface area contributed by atoms with Crippen LogP contribution in [-0.2, 0) is 11.3 Å². The number of anilines is 3. The number of carbonyl (C=O) groups excluding carboxylic acids is 1. The molecule has 0 saturated heterocycles. The van der Waals surface area contributed by atoms with E-state index in [1.807, 2.05) is 6.07 Å². The van der Waals surface area contributed by atoms with Crippen LogP contribution in [0.25, 0.3) is 0 Å². The molecular formula is C21H24N6O3. The second-order valence-electron chi connectivity index (χ2n) is 6.35. The third-order valence-corrected chi connectivity index (χ3v) is 4.10. The Balaban J connectivity index is 1.55. The molecule has 0 aliphatic carbocycles. The van der Waals surface area contributed by atoms with Gasteiger partial charge in [0.05, 0.1) is 30.7 Å². The molecule has 4 N–H and O–H groups in total. The molecule has 0 aliphatic heterocycles. The van der Waals surface area contributed by atoms with Crippen LogP contribution < -0.4 is 21.1 Å². The van der Waals surface area contributed by atoms with E-state index in [4.69, 9.17) is 15.2 Å². The highest BCUT2D eigenvalue weighted by molar-refractivity contribution is 6.02. The van der Waals surface area contributed by atoms with Gasteiger partial charge in [-0.3, -0.25) is 9.78 Å². The van der Waals surface area contributed by atoms with E-state index in [0.717, 1.165) is 17.8 Å². The van der Waals surface area contributed by atoms with Crippen molar-refractivity contribution in [3.63, 3.8) is 0 Å². The van der Waals surface area contributed by atoms with Gasteiger partial charge in [-0.15, -0.1) is 0 Å². The van der Waals surface area contributed by atoms with Crippen LogP contribution in [0.4, 0.5) is 17.2 Å². The zero-order valence-corrected chi connectivity index (χ0v) is 16.7. The van der Waals surface area contributed by atoms with Gasteiger partial charge in [0.25, 0.3) is 5.91 Å². The molecule has 0 radical (unpaired) electrons. The second-order valence-corrected chi connectivity index (χ2v) is 6.35. The lowest BCUT2D eigenvalue weighted by Crippen LogP contribution is -2.14. The van der Waals surface area contributed by atoms with Crippen molar-refractivity contribution in [1.82, 2.24) is 15.0 Å². The predicted octanol–water partition coefficient (Wildman–Crippen LogP) is 2.73. The quantitative estimate of drug-likeness (QED) is 0.438. The van der Waals surface area contributed by atoms with Gasteiger partial charge >= 0.3 is 0 Å². The van der Waals surface area contributed by atoms with Gasteiger partial charge in [0.1, 0.15) is 17.3 Å². The van der Waals surface area contributed by atoms with Crippen LogP contribution in [0.15, 0.2) is 55.0 Å². The number of nitrogens with one attached hydrogen (secondary N) is 2. The zero-order valence-electron chi connectivity index (χ0n) is 16.7. The Hall–Kier alpha value is -3.72. The first-order valence-electron chi connectivity index (χ1n) is 9.44. The molecule has 3 aromatic heterocycles. The van der Waals surface area contributed by atoms with Gasteiger partial charge < -0.3 is 25.8 Å². The Morgan fingerprint density at radius 1 is 1.10 bits per heavy atom. The van der Waals surface area contributed by atoms with Gasteiger partial charge in [-0.05, 0) is 36.4 Å². The Labute approximate surface area is 174 Å². The Bertz CT molecular complexity index is 965. The SMILES string of the molecule is COCCCOc1ccc(C(=O)Nc2ccnc(CNc3cccnc3N)c2)nc1. The number of ether oxygens (including phenoxy) is 2. The Kier molecular flexibility index (Phi) is 7.51. The summed E-state index contributed by atoms with van der Waals surface area (Å²) in [5.41, 5.74) is 8.20. The number of nitrogens with two attached hydrogens (primary N) is 1. The summed E-state index contributed by atoms with van der Waals surface area (Å²) in [5, 5.41) is 6.00. The third-order valence-electron chi connectivity index (χ3n) is 4.10. The number of pyridine rings is 3. The highest BCUT2D eigenvalue weighted by Gasteiger charge is 2.09. The molecule has 9 nitrogen and oxygen atoms in total. The summed E-state index contributed by atoms with van der Waals surface area (Å²) in [7, 11) is 1.65. The smallest absolute Gasteiger partial charge is 0.274 e. The fraction of sp³-hybridized carbons (Fsp3) is 0.238. The average Bonchev–Trinajstić information content (AvgIpc) is 2.77. The molecular weight excluding hydrogens is 384 g/mol. The molecule has 30 heavy (non-hydrogen) atoms. The van der Waals surface area contributed by atoms with Crippen molar-refractivity contribution in [1.29, 1.82) is 0 Å². The minimum atomic E-state index is -0.317. The molecule has 0 saturated carbocycles. The predicted molar refractivity (Wildman–Crippen MR) is 114 cm³/mol. The maximum absolute atomic E-state index is 12.5. The molecule has 0 aliphatic rings. The number of nitrogen functional groups attached to an aromatic ring is 1. The van der Waals surface area contributed by atoms with Gasteiger partial charge in [0, 0.05) is 38.2 Å². The van der Waals surface area contributed by atoms with Crippen LogP contribution in [0, 0.1) is 0 Å². The maximum atomic E-state index is 12.5. The van der Waals surface area contributed by atoms with Crippen LogP contribution in [0.2, 0.25) is 0 Å². The Morgan fingerprint density at radius 2 is 2.00 bits per heavy atom. The zero-order chi connectivity index (χ0) is 21.2. The van der Waals surface area contributed by atoms with E-state index in [2.05, 4.69) is 25.6 Å². The number of hydrogen-bond acceptors (Lipinski definition) is 8. The first kappa shape index (κ1) is 21.0. The molecule has 0 unspecified atom stereocenters. The van der Waals surface area contributed by atoms with E-state index >= 15 is 0 Å². The molecule has 1 amide bonds. The van der Waals surface area contributed by atoms with E-state index in [1.54, 1.807) is 49.8 Å². The van der Waals surface area contributed by atoms with Gasteiger partial charge in [-0.1, -0.05) is 0 Å². The first-order chi connectivity index (χ1) is 14.7.